The Morgan fingerprint density at radius 2 is 1.07 bits per heavy atom. The van der Waals surface area contributed by atoms with Crippen LogP contribution in [0.3, 0.4) is 0 Å². The number of unbranched alkanes of at least 4 members (excludes halogenated alkanes) is 6. The van der Waals surface area contributed by atoms with Gasteiger partial charge in [0.05, 0.1) is 0 Å². The molecule has 2 aromatic carbocycles. The van der Waals surface area contributed by atoms with Gasteiger partial charge in [0.25, 0.3) is 0 Å². The van der Waals surface area contributed by atoms with Crippen LogP contribution in [0.5, 0.6) is 0 Å². The molecule has 0 aliphatic heterocycles. The van der Waals surface area contributed by atoms with Gasteiger partial charge in [-0.3, -0.25) is 0 Å². The lowest BCUT2D eigenvalue weighted by Crippen LogP contribution is -1.85. The third-order valence-electron chi connectivity index (χ3n) is 5.58. The second kappa shape index (κ2) is 11.4. The first-order valence-electron chi connectivity index (χ1n) is 11.4. The fourth-order valence-corrected chi connectivity index (χ4v) is 5.88. The Kier molecular flexibility index (Phi) is 8.86. The molecule has 0 aliphatic rings. The van der Waals surface area contributed by atoms with E-state index in [1.54, 1.807) is 0 Å². The van der Waals surface area contributed by atoms with Crippen molar-refractivity contribution in [2.24, 2.45) is 0 Å². The topological polar surface area (TPSA) is 13.1 Å². The maximum absolute atomic E-state index is 6.22. The largest absolute Gasteiger partial charge is 0.456 e. The molecule has 0 amide bonds. The zero-order chi connectivity index (χ0) is 20.6. The molecule has 0 spiro atoms. The first-order valence-corrected chi connectivity index (χ1v) is 13.3. The number of hydrogen-bond acceptors (Lipinski definition) is 3. The highest BCUT2D eigenvalue weighted by Gasteiger charge is 2.13. The van der Waals surface area contributed by atoms with Crippen LogP contribution in [0.25, 0.3) is 21.9 Å². The average molecular weight is 429 g/mol. The van der Waals surface area contributed by atoms with Crippen LogP contribution in [0.4, 0.5) is 0 Å². The number of rotatable bonds is 12. The molecule has 1 aromatic heterocycles. The van der Waals surface area contributed by atoms with E-state index in [0.717, 1.165) is 11.2 Å². The summed E-state index contributed by atoms with van der Waals surface area (Å²) in [6.07, 6.45) is 10.6. The zero-order valence-corrected chi connectivity index (χ0v) is 20.2. The van der Waals surface area contributed by atoms with Gasteiger partial charge in [0.1, 0.15) is 11.2 Å². The summed E-state index contributed by atoms with van der Waals surface area (Å²) in [6.45, 7) is 8.97. The highest BCUT2D eigenvalue weighted by Crippen LogP contribution is 2.37. The fourth-order valence-electron chi connectivity index (χ4n) is 3.76. The predicted octanol–water partition coefficient (Wildman–Crippen LogP) is 9.55. The summed E-state index contributed by atoms with van der Waals surface area (Å²) in [6, 6.07) is 9.20. The third-order valence-corrected chi connectivity index (χ3v) is 8.06. The van der Waals surface area contributed by atoms with Gasteiger partial charge in [-0.25, -0.2) is 0 Å². The molecule has 3 heteroatoms. The van der Waals surface area contributed by atoms with Crippen molar-refractivity contribution in [2.45, 2.75) is 88.9 Å². The molecule has 0 bridgehead atoms. The van der Waals surface area contributed by atoms with Crippen LogP contribution in [-0.4, -0.2) is 11.5 Å². The smallest absolute Gasteiger partial charge is 0.135 e. The van der Waals surface area contributed by atoms with Crippen molar-refractivity contribution in [3.8, 4) is 0 Å². The molecule has 0 aliphatic carbocycles. The number of fused-ring (bicyclic) bond motifs is 3. The number of thioether (sulfide) groups is 2. The van der Waals surface area contributed by atoms with Crippen molar-refractivity contribution >= 4 is 45.5 Å². The first kappa shape index (κ1) is 22.6. The van der Waals surface area contributed by atoms with Crippen LogP contribution < -0.4 is 0 Å². The quantitative estimate of drug-likeness (QED) is 0.210. The van der Waals surface area contributed by atoms with Crippen molar-refractivity contribution in [1.29, 1.82) is 0 Å². The standard InChI is InChI=1S/C26H36OS2/c1-5-7-9-11-13-28-25-17-21-22-18-26(29-14-12-10-8-6-2)20(4)16-24(22)27-23(21)15-19(25)3/h15-18H,5-14H2,1-4H3. The molecular formula is C26H36OS2. The second-order valence-electron chi connectivity index (χ2n) is 8.15. The first-order chi connectivity index (χ1) is 14.1. The lowest BCUT2D eigenvalue weighted by atomic mass is 10.1. The molecule has 0 atom stereocenters. The van der Waals surface area contributed by atoms with E-state index in [-0.39, 0.29) is 0 Å². The Hall–Kier alpha value is -1.06. The van der Waals surface area contributed by atoms with Crippen molar-refractivity contribution in [2.75, 3.05) is 11.5 Å². The van der Waals surface area contributed by atoms with Gasteiger partial charge in [-0.05, 0) is 73.6 Å². The number of furan rings is 1. The summed E-state index contributed by atoms with van der Waals surface area (Å²) < 4.78 is 6.22. The predicted molar refractivity (Wildman–Crippen MR) is 133 cm³/mol. The van der Waals surface area contributed by atoms with E-state index < -0.39 is 0 Å². The Balaban J connectivity index is 1.79. The van der Waals surface area contributed by atoms with Crippen LogP contribution >= 0.6 is 23.5 Å². The van der Waals surface area contributed by atoms with Crippen LogP contribution in [0.2, 0.25) is 0 Å². The summed E-state index contributed by atoms with van der Waals surface area (Å²) in [7, 11) is 0. The maximum atomic E-state index is 6.22. The molecule has 1 heterocycles. The summed E-state index contributed by atoms with van der Waals surface area (Å²) in [5.74, 6) is 2.42. The number of aryl methyl sites for hydroxylation is 2. The molecule has 29 heavy (non-hydrogen) atoms. The molecule has 0 fully saturated rings. The number of benzene rings is 2. The summed E-state index contributed by atoms with van der Waals surface area (Å²) in [5, 5.41) is 2.55. The minimum absolute atomic E-state index is 1.03. The minimum atomic E-state index is 1.03. The molecule has 0 saturated carbocycles. The molecule has 3 aromatic rings. The van der Waals surface area contributed by atoms with Gasteiger partial charge < -0.3 is 4.42 Å². The molecule has 158 valence electrons. The molecule has 0 radical (unpaired) electrons. The zero-order valence-electron chi connectivity index (χ0n) is 18.6. The third kappa shape index (κ3) is 5.98. The van der Waals surface area contributed by atoms with Gasteiger partial charge in [-0.15, -0.1) is 23.5 Å². The van der Waals surface area contributed by atoms with Gasteiger partial charge >= 0.3 is 0 Å². The highest BCUT2D eigenvalue weighted by molar-refractivity contribution is 7.99. The van der Waals surface area contributed by atoms with Gasteiger partial charge in [0, 0.05) is 20.6 Å². The molecule has 1 nitrogen and oxygen atoms in total. The van der Waals surface area contributed by atoms with Crippen molar-refractivity contribution in [3.63, 3.8) is 0 Å². The lowest BCUT2D eigenvalue weighted by molar-refractivity contribution is 0.667. The van der Waals surface area contributed by atoms with Crippen LogP contribution in [0.1, 0.15) is 76.3 Å². The van der Waals surface area contributed by atoms with Crippen LogP contribution in [0, 0.1) is 13.8 Å². The van der Waals surface area contributed by atoms with Crippen molar-refractivity contribution in [1.82, 2.24) is 0 Å². The highest BCUT2D eigenvalue weighted by atomic mass is 32.2. The molecular weight excluding hydrogens is 392 g/mol. The Labute approximate surface area is 185 Å². The summed E-state index contributed by atoms with van der Waals surface area (Å²) in [4.78, 5) is 2.82. The van der Waals surface area contributed by atoms with E-state index in [0.29, 0.717) is 0 Å². The van der Waals surface area contributed by atoms with Gasteiger partial charge in [-0.1, -0.05) is 52.4 Å². The monoisotopic (exact) mass is 428 g/mol. The Morgan fingerprint density at radius 3 is 1.48 bits per heavy atom. The SMILES string of the molecule is CCCCCCSc1cc2c(cc1C)oc1cc(C)c(SCCCCCC)cc12. The molecule has 0 N–H and O–H groups in total. The molecule has 0 saturated heterocycles. The van der Waals surface area contributed by atoms with Crippen molar-refractivity contribution < 1.29 is 4.42 Å². The fraction of sp³-hybridized carbons (Fsp3) is 0.538. The van der Waals surface area contributed by atoms with E-state index in [2.05, 4.69) is 52.0 Å². The summed E-state index contributed by atoms with van der Waals surface area (Å²) in [5.41, 5.74) is 4.72. The van der Waals surface area contributed by atoms with Gasteiger partial charge in [0.2, 0.25) is 0 Å². The van der Waals surface area contributed by atoms with E-state index in [4.69, 9.17) is 4.42 Å². The van der Waals surface area contributed by atoms with Crippen LogP contribution in [0.15, 0.2) is 38.5 Å². The summed E-state index contributed by atoms with van der Waals surface area (Å²) >= 11 is 4.01. The van der Waals surface area contributed by atoms with Gasteiger partial charge in [0.15, 0.2) is 0 Å². The number of hydrogen-bond donors (Lipinski definition) is 0. The molecule has 0 unspecified atom stereocenters. The minimum Gasteiger partial charge on any atom is -0.456 e. The van der Waals surface area contributed by atoms with E-state index in [1.165, 1.54) is 94.6 Å². The maximum Gasteiger partial charge on any atom is 0.135 e. The van der Waals surface area contributed by atoms with E-state index >= 15 is 0 Å². The van der Waals surface area contributed by atoms with Crippen LogP contribution in [-0.2, 0) is 0 Å². The van der Waals surface area contributed by atoms with Gasteiger partial charge in [-0.2, -0.15) is 0 Å². The van der Waals surface area contributed by atoms with E-state index in [9.17, 15) is 0 Å². The van der Waals surface area contributed by atoms with Crippen molar-refractivity contribution in [3.05, 3.63) is 35.4 Å². The Bertz CT molecular complexity index is 851. The lowest BCUT2D eigenvalue weighted by Gasteiger charge is -2.07. The average Bonchev–Trinajstić information content (AvgIpc) is 3.03. The normalized spacial score (nSPS) is 11.7. The second-order valence-corrected chi connectivity index (χ2v) is 10.4. The van der Waals surface area contributed by atoms with E-state index in [1.807, 2.05) is 23.5 Å². The Morgan fingerprint density at radius 1 is 0.621 bits per heavy atom. The molecule has 3 rings (SSSR count).